The molecule has 0 aliphatic carbocycles. The minimum atomic E-state index is 0.574. The van der Waals surface area contributed by atoms with Crippen molar-refractivity contribution in [2.45, 2.75) is 0 Å². The zero-order valence-electron chi connectivity index (χ0n) is 29.0. The molecule has 0 radical (unpaired) electrons. The standard InChI is InChI=1S/C49H30N4O/c1-3-12-32(13-4-1)47-50-48(33-14-5-2-6-15-33)52-49(51-47)53-43-18-10-9-17-39(43)40-24-21-37(29-44(40)53)36-23-26-45-42(28-36)41-25-22-38(30-46(41)54-45)35-20-19-31-11-7-8-16-34(31)27-35/h1-30H. The molecule has 0 unspecified atom stereocenters. The van der Waals surface area contributed by atoms with E-state index in [1.54, 1.807) is 0 Å². The Kier molecular flexibility index (Phi) is 6.79. The van der Waals surface area contributed by atoms with E-state index in [9.17, 15) is 0 Å². The lowest BCUT2D eigenvalue weighted by molar-refractivity contribution is 0.669. The van der Waals surface area contributed by atoms with Gasteiger partial charge in [-0.1, -0.05) is 140 Å². The molecule has 252 valence electrons. The second-order valence-corrected chi connectivity index (χ2v) is 13.7. The van der Waals surface area contributed by atoms with E-state index in [4.69, 9.17) is 19.4 Å². The molecule has 54 heavy (non-hydrogen) atoms. The van der Waals surface area contributed by atoms with Gasteiger partial charge in [0.1, 0.15) is 11.2 Å². The number of para-hydroxylation sites is 1. The largest absolute Gasteiger partial charge is 0.456 e. The Morgan fingerprint density at radius 2 is 0.907 bits per heavy atom. The van der Waals surface area contributed by atoms with E-state index in [1.165, 1.54) is 16.3 Å². The van der Waals surface area contributed by atoms with E-state index >= 15 is 0 Å². The topological polar surface area (TPSA) is 56.7 Å². The Morgan fingerprint density at radius 1 is 0.333 bits per heavy atom. The van der Waals surface area contributed by atoms with Gasteiger partial charge in [-0.2, -0.15) is 9.97 Å². The van der Waals surface area contributed by atoms with Gasteiger partial charge in [-0.05, 0) is 75.5 Å². The van der Waals surface area contributed by atoms with Gasteiger partial charge in [0, 0.05) is 32.7 Å². The summed E-state index contributed by atoms with van der Waals surface area (Å²) in [6.45, 7) is 0. The Hall–Kier alpha value is -7.37. The van der Waals surface area contributed by atoms with Gasteiger partial charge >= 0.3 is 0 Å². The third-order valence-corrected chi connectivity index (χ3v) is 10.4. The molecule has 0 aliphatic rings. The molecule has 0 saturated carbocycles. The van der Waals surface area contributed by atoms with Gasteiger partial charge in [0.05, 0.1) is 11.0 Å². The van der Waals surface area contributed by atoms with Gasteiger partial charge in [0.15, 0.2) is 11.6 Å². The van der Waals surface area contributed by atoms with Crippen molar-refractivity contribution in [3.8, 4) is 51.0 Å². The van der Waals surface area contributed by atoms with Gasteiger partial charge in [0.2, 0.25) is 5.95 Å². The predicted octanol–water partition coefficient (Wildman–Crippen LogP) is 12.7. The quantitative estimate of drug-likeness (QED) is 0.180. The summed E-state index contributed by atoms with van der Waals surface area (Å²) in [7, 11) is 0. The van der Waals surface area contributed by atoms with Crippen LogP contribution in [0.1, 0.15) is 0 Å². The maximum absolute atomic E-state index is 6.45. The number of benzene rings is 8. The van der Waals surface area contributed by atoms with Crippen LogP contribution in [-0.2, 0) is 0 Å². The lowest BCUT2D eigenvalue weighted by Gasteiger charge is -2.11. The molecule has 0 spiro atoms. The summed E-state index contributed by atoms with van der Waals surface area (Å²) in [5.41, 5.74) is 10.2. The molecular formula is C49H30N4O. The summed E-state index contributed by atoms with van der Waals surface area (Å²) in [5, 5.41) is 6.92. The van der Waals surface area contributed by atoms with E-state index in [0.29, 0.717) is 17.6 Å². The Balaban J connectivity index is 1.06. The molecule has 11 rings (SSSR count). The van der Waals surface area contributed by atoms with Crippen LogP contribution in [0.2, 0.25) is 0 Å². The summed E-state index contributed by atoms with van der Waals surface area (Å²) in [5.74, 6) is 1.83. The number of hydrogen-bond acceptors (Lipinski definition) is 4. The number of aromatic nitrogens is 4. The third-order valence-electron chi connectivity index (χ3n) is 10.4. The van der Waals surface area contributed by atoms with Gasteiger partial charge < -0.3 is 4.42 Å². The number of furan rings is 1. The monoisotopic (exact) mass is 690 g/mol. The third kappa shape index (κ3) is 4.98. The fourth-order valence-electron chi connectivity index (χ4n) is 7.77. The molecule has 0 bridgehead atoms. The van der Waals surface area contributed by atoms with Crippen molar-refractivity contribution in [3.05, 3.63) is 182 Å². The summed E-state index contributed by atoms with van der Waals surface area (Å²) in [6.07, 6.45) is 0. The Morgan fingerprint density at radius 3 is 1.69 bits per heavy atom. The molecule has 5 nitrogen and oxygen atoms in total. The zero-order valence-corrected chi connectivity index (χ0v) is 29.0. The van der Waals surface area contributed by atoms with E-state index < -0.39 is 0 Å². The molecular weight excluding hydrogens is 661 g/mol. The van der Waals surface area contributed by atoms with Crippen LogP contribution in [0.3, 0.4) is 0 Å². The fraction of sp³-hybridized carbons (Fsp3) is 0. The van der Waals surface area contributed by atoms with Crippen molar-refractivity contribution in [2.24, 2.45) is 0 Å². The van der Waals surface area contributed by atoms with E-state index in [1.807, 2.05) is 60.7 Å². The van der Waals surface area contributed by atoms with Crippen molar-refractivity contribution < 1.29 is 4.42 Å². The molecule has 0 atom stereocenters. The van der Waals surface area contributed by atoms with Crippen molar-refractivity contribution in [2.75, 3.05) is 0 Å². The minimum absolute atomic E-state index is 0.574. The van der Waals surface area contributed by atoms with E-state index in [0.717, 1.165) is 71.6 Å². The van der Waals surface area contributed by atoms with Gasteiger partial charge in [-0.3, -0.25) is 4.57 Å². The Bertz CT molecular complexity index is 3160. The maximum atomic E-state index is 6.45. The highest BCUT2D eigenvalue weighted by atomic mass is 16.3. The summed E-state index contributed by atoms with van der Waals surface area (Å²) >= 11 is 0. The summed E-state index contributed by atoms with van der Waals surface area (Å²) < 4.78 is 8.62. The first kappa shape index (κ1) is 30.3. The maximum Gasteiger partial charge on any atom is 0.238 e. The normalized spacial score (nSPS) is 11.7. The van der Waals surface area contributed by atoms with Crippen molar-refractivity contribution >= 4 is 54.5 Å². The Labute approximate surface area is 310 Å². The first-order chi connectivity index (χ1) is 26.7. The van der Waals surface area contributed by atoms with Crippen LogP contribution in [0, 0.1) is 0 Å². The lowest BCUT2D eigenvalue weighted by Crippen LogP contribution is -2.06. The molecule has 0 fully saturated rings. The highest BCUT2D eigenvalue weighted by Crippen LogP contribution is 2.38. The van der Waals surface area contributed by atoms with Gasteiger partial charge in [-0.25, -0.2) is 4.98 Å². The van der Waals surface area contributed by atoms with Gasteiger partial charge in [0.25, 0.3) is 0 Å². The second kappa shape index (κ2) is 12.1. The molecule has 0 amide bonds. The van der Waals surface area contributed by atoms with Crippen molar-refractivity contribution in [1.82, 2.24) is 19.5 Å². The predicted molar refractivity (Wildman–Crippen MR) is 221 cm³/mol. The van der Waals surface area contributed by atoms with Crippen LogP contribution in [0.15, 0.2) is 186 Å². The molecule has 3 heterocycles. The highest BCUT2D eigenvalue weighted by molar-refractivity contribution is 6.11. The molecule has 8 aromatic carbocycles. The molecule has 5 heteroatoms. The average Bonchev–Trinajstić information content (AvgIpc) is 3.78. The second-order valence-electron chi connectivity index (χ2n) is 13.7. The lowest BCUT2D eigenvalue weighted by atomic mass is 9.99. The van der Waals surface area contributed by atoms with E-state index in [2.05, 4.69) is 126 Å². The van der Waals surface area contributed by atoms with Crippen LogP contribution < -0.4 is 0 Å². The number of fused-ring (bicyclic) bond motifs is 7. The van der Waals surface area contributed by atoms with E-state index in [-0.39, 0.29) is 0 Å². The highest BCUT2D eigenvalue weighted by Gasteiger charge is 2.19. The van der Waals surface area contributed by atoms with Gasteiger partial charge in [-0.15, -0.1) is 0 Å². The number of nitrogens with zero attached hydrogens (tertiary/aromatic N) is 4. The van der Waals surface area contributed by atoms with Crippen LogP contribution in [-0.4, -0.2) is 19.5 Å². The summed E-state index contributed by atoms with van der Waals surface area (Å²) in [4.78, 5) is 15.2. The molecule has 0 N–H and O–H groups in total. The van der Waals surface area contributed by atoms with Crippen LogP contribution in [0.25, 0.3) is 105 Å². The SMILES string of the molecule is c1ccc(-c2nc(-c3ccccc3)nc(-n3c4ccccc4c4ccc(-c5ccc6oc7cc(-c8ccc9ccccc9c8)ccc7c6c5)cc43)n2)cc1. The van der Waals surface area contributed by atoms with Crippen molar-refractivity contribution in [3.63, 3.8) is 0 Å². The fourth-order valence-corrected chi connectivity index (χ4v) is 7.77. The van der Waals surface area contributed by atoms with Crippen LogP contribution in [0.5, 0.6) is 0 Å². The number of hydrogen-bond donors (Lipinski definition) is 0. The minimum Gasteiger partial charge on any atom is -0.456 e. The summed E-state index contributed by atoms with van der Waals surface area (Å²) in [6, 6.07) is 63.4. The first-order valence-corrected chi connectivity index (χ1v) is 18.1. The van der Waals surface area contributed by atoms with Crippen LogP contribution >= 0.6 is 0 Å². The van der Waals surface area contributed by atoms with Crippen LogP contribution in [0.4, 0.5) is 0 Å². The molecule has 0 aliphatic heterocycles. The molecule has 0 saturated heterocycles. The smallest absolute Gasteiger partial charge is 0.238 e. The first-order valence-electron chi connectivity index (χ1n) is 18.1. The molecule has 3 aromatic heterocycles. The zero-order chi connectivity index (χ0) is 35.6. The van der Waals surface area contributed by atoms with Crippen molar-refractivity contribution in [1.29, 1.82) is 0 Å². The average molecular weight is 691 g/mol. The molecule has 11 aromatic rings. The number of rotatable bonds is 5.